The van der Waals surface area contributed by atoms with Gasteiger partial charge in [0.25, 0.3) is 0 Å². The lowest BCUT2D eigenvalue weighted by Crippen LogP contribution is -2.65. The zero-order valence-electron chi connectivity index (χ0n) is 15.7. The number of fused-ring (bicyclic) bond motifs is 2. The summed E-state index contributed by atoms with van der Waals surface area (Å²) in [6.07, 6.45) is 3.10. The third-order valence-corrected chi connectivity index (χ3v) is 6.96. The van der Waals surface area contributed by atoms with E-state index in [0.717, 1.165) is 12.0 Å². The summed E-state index contributed by atoms with van der Waals surface area (Å²) in [6.45, 7) is 9.48. The van der Waals surface area contributed by atoms with Gasteiger partial charge in [0.1, 0.15) is 17.8 Å². The first-order valence-electron chi connectivity index (χ1n) is 9.11. The zero-order chi connectivity index (χ0) is 18.6. The molecule has 0 amide bonds. The average molecular weight is 348 g/mol. The molecule has 3 aliphatic rings. The highest BCUT2D eigenvalue weighted by Gasteiger charge is 2.64. The van der Waals surface area contributed by atoms with E-state index in [0.29, 0.717) is 30.4 Å². The molecule has 1 heterocycles. The minimum atomic E-state index is -1.20. The fraction of sp³-hybridized carbons (Fsp3) is 0.700. The van der Waals surface area contributed by atoms with E-state index in [9.17, 15) is 14.7 Å². The Balaban J connectivity index is 1.96. The van der Waals surface area contributed by atoms with Crippen molar-refractivity contribution in [2.45, 2.75) is 78.1 Å². The topological polar surface area (TPSA) is 72.8 Å². The molecule has 0 bridgehead atoms. The molecule has 2 aliphatic carbocycles. The molecule has 2 saturated carbocycles. The van der Waals surface area contributed by atoms with Gasteiger partial charge in [0.15, 0.2) is 0 Å². The summed E-state index contributed by atoms with van der Waals surface area (Å²) in [5, 5.41) is 11.7. The number of carbonyl (C=O) groups excluding carboxylic acids is 2. The Hall–Kier alpha value is -1.62. The number of allylic oxidation sites excluding steroid dienone is 1. The van der Waals surface area contributed by atoms with Crippen LogP contribution in [0, 0.1) is 11.3 Å². The van der Waals surface area contributed by atoms with E-state index in [4.69, 9.17) is 9.47 Å². The van der Waals surface area contributed by atoms with Crippen LogP contribution in [0.15, 0.2) is 22.8 Å². The van der Waals surface area contributed by atoms with Crippen LogP contribution in [0.25, 0.3) is 0 Å². The minimum Gasteiger partial charge on any atom is -0.456 e. The molecule has 3 rings (SSSR count). The summed E-state index contributed by atoms with van der Waals surface area (Å²) in [7, 11) is 0. The number of rotatable bonds is 2. The van der Waals surface area contributed by atoms with Crippen molar-refractivity contribution in [1.82, 2.24) is 0 Å². The van der Waals surface area contributed by atoms with Gasteiger partial charge in [0.2, 0.25) is 0 Å². The quantitative estimate of drug-likeness (QED) is 0.613. The molecule has 5 unspecified atom stereocenters. The molecular weight excluding hydrogens is 320 g/mol. The van der Waals surface area contributed by atoms with Crippen molar-refractivity contribution in [2.24, 2.45) is 11.3 Å². The second-order valence-corrected chi connectivity index (χ2v) is 8.11. The maximum atomic E-state index is 12.3. The van der Waals surface area contributed by atoms with E-state index in [1.807, 2.05) is 0 Å². The number of hydrogen-bond acceptors (Lipinski definition) is 5. The van der Waals surface area contributed by atoms with E-state index < -0.39 is 29.2 Å². The summed E-state index contributed by atoms with van der Waals surface area (Å²) in [5.41, 5.74) is 0.544. The molecule has 5 heteroatoms. The molecule has 1 aliphatic heterocycles. The largest absolute Gasteiger partial charge is 0.456 e. The lowest BCUT2D eigenvalue weighted by atomic mass is 9.51. The zero-order valence-corrected chi connectivity index (χ0v) is 15.7. The van der Waals surface area contributed by atoms with Crippen molar-refractivity contribution in [2.75, 3.05) is 0 Å². The van der Waals surface area contributed by atoms with Crippen LogP contribution in [0.5, 0.6) is 0 Å². The summed E-state index contributed by atoms with van der Waals surface area (Å²) in [4.78, 5) is 24.2. The summed E-state index contributed by atoms with van der Waals surface area (Å²) in [5.74, 6) is -0.428. The van der Waals surface area contributed by atoms with Crippen LogP contribution in [-0.4, -0.2) is 34.9 Å². The second-order valence-electron chi connectivity index (χ2n) is 8.11. The van der Waals surface area contributed by atoms with E-state index in [-0.39, 0.29) is 11.9 Å². The molecule has 0 radical (unpaired) electrons. The van der Waals surface area contributed by atoms with E-state index in [2.05, 4.69) is 13.8 Å². The Kier molecular flexibility index (Phi) is 4.34. The van der Waals surface area contributed by atoms with Crippen LogP contribution >= 0.6 is 0 Å². The van der Waals surface area contributed by atoms with Gasteiger partial charge in [-0.3, -0.25) is 0 Å². The minimum absolute atomic E-state index is 0.257. The van der Waals surface area contributed by atoms with Gasteiger partial charge in [0, 0.05) is 23.0 Å². The molecule has 5 atom stereocenters. The summed E-state index contributed by atoms with van der Waals surface area (Å²) < 4.78 is 11.2. The van der Waals surface area contributed by atoms with Gasteiger partial charge in [-0.05, 0) is 51.5 Å². The van der Waals surface area contributed by atoms with Gasteiger partial charge >= 0.3 is 11.9 Å². The molecule has 25 heavy (non-hydrogen) atoms. The van der Waals surface area contributed by atoms with Crippen molar-refractivity contribution in [3.8, 4) is 0 Å². The maximum absolute atomic E-state index is 12.3. The highest BCUT2D eigenvalue weighted by Crippen LogP contribution is 2.59. The summed E-state index contributed by atoms with van der Waals surface area (Å²) >= 11 is 0. The second kappa shape index (κ2) is 5.97. The lowest BCUT2D eigenvalue weighted by molar-refractivity contribution is -0.231. The van der Waals surface area contributed by atoms with Crippen LogP contribution in [-0.2, 0) is 19.1 Å². The van der Waals surface area contributed by atoms with Crippen LogP contribution in [0.1, 0.15) is 60.3 Å². The van der Waals surface area contributed by atoms with Crippen molar-refractivity contribution < 1.29 is 24.2 Å². The van der Waals surface area contributed by atoms with Crippen LogP contribution in [0.2, 0.25) is 0 Å². The molecule has 2 fully saturated rings. The molecule has 0 aromatic rings. The van der Waals surface area contributed by atoms with Crippen molar-refractivity contribution in [1.29, 1.82) is 0 Å². The Morgan fingerprint density at radius 3 is 2.72 bits per heavy atom. The smallest absolute Gasteiger partial charge is 0.334 e. The first kappa shape index (κ1) is 18.2. The average Bonchev–Trinajstić information content (AvgIpc) is 2.83. The van der Waals surface area contributed by atoms with E-state index in [1.54, 1.807) is 26.8 Å². The van der Waals surface area contributed by atoms with Gasteiger partial charge in [-0.2, -0.15) is 0 Å². The predicted octanol–water partition coefficient (Wildman–Crippen LogP) is 3.07. The highest BCUT2D eigenvalue weighted by atomic mass is 16.6. The number of esters is 2. The molecular formula is C20H28O5. The van der Waals surface area contributed by atoms with Gasteiger partial charge in [-0.25, -0.2) is 9.59 Å². The molecule has 1 N–H and O–H groups in total. The predicted molar refractivity (Wildman–Crippen MR) is 92.6 cm³/mol. The molecule has 0 spiro atoms. The Labute approximate surface area is 149 Å². The number of carbonyl (C=O) groups is 2. The van der Waals surface area contributed by atoms with Crippen molar-refractivity contribution >= 4 is 11.9 Å². The van der Waals surface area contributed by atoms with E-state index >= 15 is 0 Å². The molecule has 138 valence electrons. The highest BCUT2D eigenvalue weighted by molar-refractivity contribution is 5.92. The van der Waals surface area contributed by atoms with Crippen LogP contribution in [0.4, 0.5) is 0 Å². The number of ether oxygens (including phenoxy) is 2. The first-order chi connectivity index (χ1) is 11.6. The summed E-state index contributed by atoms with van der Waals surface area (Å²) in [6, 6.07) is 0. The fourth-order valence-corrected chi connectivity index (χ4v) is 4.69. The normalized spacial score (nSPS) is 41.1. The van der Waals surface area contributed by atoms with Crippen molar-refractivity contribution in [3.63, 3.8) is 0 Å². The third kappa shape index (κ3) is 2.55. The van der Waals surface area contributed by atoms with Crippen LogP contribution < -0.4 is 0 Å². The van der Waals surface area contributed by atoms with Crippen LogP contribution in [0.3, 0.4) is 0 Å². The molecule has 0 aromatic heterocycles. The first-order valence-corrected chi connectivity index (χ1v) is 9.11. The van der Waals surface area contributed by atoms with Gasteiger partial charge < -0.3 is 14.6 Å². The van der Waals surface area contributed by atoms with Gasteiger partial charge in [-0.15, -0.1) is 0 Å². The fourth-order valence-electron chi connectivity index (χ4n) is 4.69. The third-order valence-electron chi connectivity index (χ3n) is 6.96. The Morgan fingerprint density at radius 2 is 2.08 bits per heavy atom. The molecule has 0 saturated heterocycles. The van der Waals surface area contributed by atoms with Crippen molar-refractivity contribution in [3.05, 3.63) is 22.8 Å². The molecule has 5 nitrogen and oxygen atoms in total. The van der Waals surface area contributed by atoms with Gasteiger partial charge in [0.05, 0.1) is 0 Å². The SMILES string of the molecule is CC=C(C)C(=O)OC1CCC(C)C2(C)CC3=C(C)C(=O)OC3CC12O. The van der Waals surface area contributed by atoms with Gasteiger partial charge in [-0.1, -0.05) is 19.9 Å². The standard InChI is InChI=1S/C20H28O5/c1-6-11(2)17(21)25-16-8-7-12(3)19(5)9-14-13(4)18(22)24-15(14)10-20(16,19)23/h6,12,15-16,23H,7-10H2,1-5H3. The van der Waals surface area contributed by atoms with E-state index in [1.165, 1.54) is 0 Å². The Morgan fingerprint density at radius 1 is 1.40 bits per heavy atom. The molecule has 0 aromatic carbocycles. The number of aliphatic hydroxyl groups is 1. The maximum Gasteiger partial charge on any atom is 0.334 e. The lowest BCUT2D eigenvalue weighted by Gasteiger charge is -2.59. The Bertz CT molecular complexity index is 676. The number of hydrogen-bond donors (Lipinski definition) is 1. The monoisotopic (exact) mass is 348 g/mol.